The summed E-state index contributed by atoms with van der Waals surface area (Å²) >= 11 is 0. The van der Waals surface area contributed by atoms with Crippen LogP contribution >= 0.6 is 0 Å². The summed E-state index contributed by atoms with van der Waals surface area (Å²) in [6.07, 6.45) is 0.109. The van der Waals surface area contributed by atoms with Crippen molar-refractivity contribution in [2.24, 2.45) is 0 Å². The number of esters is 1. The summed E-state index contributed by atoms with van der Waals surface area (Å²) in [4.78, 5) is 11.9. The standard InChI is InChI=1S/C18H26BFO4/c1-11-8-13(9-12(2)16(11)20)14(10-15(21)22-7)19-23-17(3,4)18(5,6)24-19/h8-9,14H,10H2,1-7H3. The minimum atomic E-state index is -0.599. The molecule has 1 heterocycles. The van der Waals surface area contributed by atoms with E-state index in [9.17, 15) is 9.18 Å². The Kier molecular flexibility index (Phi) is 5.12. The second-order valence-corrected chi connectivity index (χ2v) is 7.48. The molecule has 1 fully saturated rings. The van der Waals surface area contributed by atoms with E-state index in [1.54, 1.807) is 26.0 Å². The van der Waals surface area contributed by atoms with Crippen LogP contribution in [0.2, 0.25) is 0 Å². The maximum atomic E-state index is 14.0. The van der Waals surface area contributed by atoms with Crippen molar-refractivity contribution in [3.63, 3.8) is 0 Å². The van der Waals surface area contributed by atoms with E-state index in [1.807, 2.05) is 27.7 Å². The Morgan fingerprint density at radius 1 is 1.17 bits per heavy atom. The summed E-state index contributed by atoms with van der Waals surface area (Å²) in [5.41, 5.74) is 0.884. The number of ether oxygens (including phenoxy) is 1. The quantitative estimate of drug-likeness (QED) is 0.621. The van der Waals surface area contributed by atoms with Crippen LogP contribution in [0.5, 0.6) is 0 Å². The Labute approximate surface area is 143 Å². The first-order valence-corrected chi connectivity index (χ1v) is 8.17. The maximum Gasteiger partial charge on any atom is 0.466 e. The minimum absolute atomic E-state index is 0.109. The van der Waals surface area contributed by atoms with Crippen LogP contribution in [-0.4, -0.2) is 31.4 Å². The fraction of sp³-hybridized carbons (Fsp3) is 0.611. The van der Waals surface area contributed by atoms with E-state index in [4.69, 9.17) is 14.0 Å². The van der Waals surface area contributed by atoms with Crippen LogP contribution in [0.25, 0.3) is 0 Å². The molecule has 1 aliphatic rings. The average Bonchev–Trinajstić information content (AvgIpc) is 2.69. The molecule has 1 atom stereocenters. The third kappa shape index (κ3) is 3.49. The number of halogens is 1. The van der Waals surface area contributed by atoms with Crippen LogP contribution in [0, 0.1) is 19.7 Å². The van der Waals surface area contributed by atoms with Crippen LogP contribution in [0.15, 0.2) is 12.1 Å². The number of aryl methyl sites for hydroxylation is 2. The summed E-state index contributed by atoms with van der Waals surface area (Å²) < 4.78 is 31.0. The zero-order valence-corrected chi connectivity index (χ0v) is 15.5. The van der Waals surface area contributed by atoms with Crippen LogP contribution in [-0.2, 0) is 18.8 Å². The number of hydrogen-bond acceptors (Lipinski definition) is 4. The molecule has 1 saturated heterocycles. The van der Waals surface area contributed by atoms with E-state index >= 15 is 0 Å². The Balaban J connectivity index is 2.42. The highest BCUT2D eigenvalue weighted by atomic mass is 19.1. The molecule has 2 rings (SSSR count). The zero-order valence-electron chi connectivity index (χ0n) is 15.5. The second kappa shape index (κ2) is 6.49. The van der Waals surface area contributed by atoms with Gasteiger partial charge in [-0.1, -0.05) is 12.1 Å². The van der Waals surface area contributed by atoms with Crippen LogP contribution < -0.4 is 0 Å². The average molecular weight is 336 g/mol. The molecule has 1 aliphatic heterocycles. The van der Waals surface area contributed by atoms with E-state index in [0.717, 1.165) is 5.56 Å². The molecular weight excluding hydrogens is 310 g/mol. The molecule has 0 aromatic heterocycles. The normalized spacial score (nSPS) is 20.1. The van der Waals surface area contributed by atoms with Gasteiger partial charge in [-0.15, -0.1) is 0 Å². The third-order valence-electron chi connectivity index (χ3n) is 5.10. The van der Waals surface area contributed by atoms with Crippen LogP contribution in [0.3, 0.4) is 0 Å². The lowest BCUT2D eigenvalue weighted by Gasteiger charge is -2.32. The van der Waals surface area contributed by atoms with E-state index in [-0.39, 0.29) is 24.0 Å². The maximum absolute atomic E-state index is 14.0. The van der Waals surface area contributed by atoms with Crippen molar-refractivity contribution in [3.05, 3.63) is 34.6 Å². The van der Waals surface area contributed by atoms with Gasteiger partial charge in [0.15, 0.2) is 0 Å². The summed E-state index contributed by atoms with van der Waals surface area (Å²) in [6, 6.07) is 3.50. The highest BCUT2D eigenvalue weighted by molar-refractivity contribution is 6.48. The van der Waals surface area contributed by atoms with Gasteiger partial charge in [0.2, 0.25) is 0 Å². The van der Waals surface area contributed by atoms with Crippen molar-refractivity contribution in [2.75, 3.05) is 7.11 Å². The summed E-state index contributed by atoms with van der Waals surface area (Å²) in [7, 11) is 0.753. The second-order valence-electron chi connectivity index (χ2n) is 7.48. The molecule has 0 radical (unpaired) electrons. The summed E-state index contributed by atoms with van der Waals surface area (Å²) in [5, 5.41) is 0. The van der Waals surface area contributed by atoms with E-state index in [2.05, 4.69) is 0 Å². The van der Waals surface area contributed by atoms with E-state index < -0.39 is 18.3 Å². The van der Waals surface area contributed by atoms with Crippen molar-refractivity contribution in [1.29, 1.82) is 0 Å². The smallest absolute Gasteiger partial charge is 0.466 e. The molecule has 0 N–H and O–H groups in total. The molecule has 24 heavy (non-hydrogen) atoms. The Morgan fingerprint density at radius 2 is 1.62 bits per heavy atom. The van der Waals surface area contributed by atoms with Gasteiger partial charge in [-0.05, 0) is 58.2 Å². The zero-order chi connectivity index (χ0) is 18.3. The Hall–Kier alpha value is -1.40. The molecule has 132 valence electrons. The number of benzene rings is 1. The lowest BCUT2D eigenvalue weighted by Crippen LogP contribution is -2.41. The molecule has 1 unspecified atom stereocenters. The number of rotatable bonds is 4. The van der Waals surface area contributed by atoms with Gasteiger partial charge in [-0.25, -0.2) is 4.39 Å². The number of carbonyl (C=O) groups excluding carboxylic acids is 1. The number of carbonyl (C=O) groups is 1. The van der Waals surface area contributed by atoms with Crippen LogP contribution in [0.1, 0.15) is 56.6 Å². The monoisotopic (exact) mass is 336 g/mol. The van der Waals surface area contributed by atoms with Crippen molar-refractivity contribution in [2.45, 2.75) is 65.0 Å². The minimum Gasteiger partial charge on any atom is -0.469 e. The summed E-state index contributed by atoms with van der Waals surface area (Å²) in [6.45, 7) is 11.3. The lowest BCUT2D eigenvalue weighted by atomic mass is 9.65. The van der Waals surface area contributed by atoms with Crippen molar-refractivity contribution < 1.29 is 23.2 Å². The molecule has 0 bridgehead atoms. The molecule has 0 spiro atoms. The van der Waals surface area contributed by atoms with Gasteiger partial charge in [0, 0.05) is 5.82 Å². The van der Waals surface area contributed by atoms with Gasteiger partial charge in [0.05, 0.1) is 24.7 Å². The molecule has 0 amide bonds. The first-order chi connectivity index (χ1) is 11.0. The largest absolute Gasteiger partial charge is 0.469 e. The predicted molar refractivity (Wildman–Crippen MR) is 91.3 cm³/mol. The van der Waals surface area contributed by atoms with Gasteiger partial charge in [0.1, 0.15) is 5.82 Å². The number of hydrogen-bond donors (Lipinski definition) is 0. The first kappa shape index (κ1) is 18.9. The van der Waals surface area contributed by atoms with Crippen LogP contribution in [0.4, 0.5) is 4.39 Å². The highest BCUT2D eigenvalue weighted by Crippen LogP contribution is 2.42. The van der Waals surface area contributed by atoms with Crippen molar-refractivity contribution >= 4 is 13.1 Å². The van der Waals surface area contributed by atoms with Gasteiger partial charge in [0.25, 0.3) is 0 Å². The Morgan fingerprint density at radius 3 is 2.04 bits per heavy atom. The molecule has 1 aromatic rings. The SMILES string of the molecule is COC(=O)CC(B1OC(C)(C)C(C)(C)O1)c1cc(C)c(F)c(C)c1. The van der Waals surface area contributed by atoms with Gasteiger partial charge >= 0.3 is 13.1 Å². The molecule has 0 saturated carbocycles. The van der Waals surface area contributed by atoms with Crippen molar-refractivity contribution in [3.8, 4) is 0 Å². The third-order valence-corrected chi connectivity index (χ3v) is 5.10. The molecule has 0 aliphatic carbocycles. The molecular formula is C18H26BFO4. The fourth-order valence-electron chi connectivity index (χ4n) is 2.88. The molecule has 1 aromatic carbocycles. The lowest BCUT2D eigenvalue weighted by molar-refractivity contribution is -0.140. The van der Waals surface area contributed by atoms with Crippen molar-refractivity contribution in [1.82, 2.24) is 0 Å². The van der Waals surface area contributed by atoms with Gasteiger partial charge in [-0.3, -0.25) is 4.79 Å². The van der Waals surface area contributed by atoms with Gasteiger partial charge in [-0.2, -0.15) is 0 Å². The Bertz CT molecular complexity index is 603. The summed E-state index contributed by atoms with van der Waals surface area (Å²) in [5.74, 6) is -0.949. The topological polar surface area (TPSA) is 44.8 Å². The molecule has 6 heteroatoms. The fourth-order valence-corrected chi connectivity index (χ4v) is 2.88. The molecule has 4 nitrogen and oxygen atoms in total. The van der Waals surface area contributed by atoms with E-state index in [1.165, 1.54) is 7.11 Å². The predicted octanol–water partition coefficient (Wildman–Crippen LogP) is 3.72. The first-order valence-electron chi connectivity index (χ1n) is 8.17. The van der Waals surface area contributed by atoms with E-state index in [0.29, 0.717) is 11.1 Å². The highest BCUT2D eigenvalue weighted by Gasteiger charge is 2.54. The number of methoxy groups -OCH3 is 1. The van der Waals surface area contributed by atoms with Gasteiger partial charge < -0.3 is 14.0 Å².